The van der Waals surface area contributed by atoms with Crippen molar-refractivity contribution in [3.05, 3.63) is 42.1 Å². The van der Waals surface area contributed by atoms with Crippen molar-refractivity contribution in [2.24, 2.45) is 5.73 Å². The fourth-order valence-electron chi connectivity index (χ4n) is 1.54. The van der Waals surface area contributed by atoms with Crippen LogP contribution in [0.3, 0.4) is 0 Å². The van der Waals surface area contributed by atoms with Gasteiger partial charge in [-0.3, -0.25) is 0 Å². The molecule has 0 fully saturated rings. The Labute approximate surface area is 107 Å². The van der Waals surface area contributed by atoms with Gasteiger partial charge in [-0.05, 0) is 19.2 Å². The summed E-state index contributed by atoms with van der Waals surface area (Å²) >= 11 is 1.61. The zero-order valence-corrected chi connectivity index (χ0v) is 11.3. The Morgan fingerprint density at radius 2 is 2.06 bits per heavy atom. The second kappa shape index (κ2) is 5.38. The number of benzene rings is 1. The molecule has 0 aliphatic rings. The maximum atomic E-state index is 8.27. The summed E-state index contributed by atoms with van der Waals surface area (Å²) in [7, 11) is 1.77. The largest absolute Gasteiger partial charge is 0.390 e. The molecule has 1 aromatic carbocycles. The van der Waals surface area contributed by atoms with Crippen LogP contribution in [0, 0.1) is 5.41 Å². The van der Waals surface area contributed by atoms with E-state index in [4.69, 9.17) is 11.1 Å². The third kappa shape index (κ3) is 2.70. The molecule has 0 amide bonds. The van der Waals surface area contributed by atoms with Gasteiger partial charge >= 0.3 is 0 Å². The Kier molecular flexibility index (Phi) is 4.37. The molecule has 1 aromatic rings. The molecule has 4 heteroatoms. The van der Waals surface area contributed by atoms with Crippen molar-refractivity contribution in [1.29, 1.82) is 5.41 Å². The van der Waals surface area contributed by atoms with Gasteiger partial charge in [0, 0.05) is 23.2 Å². The first kappa shape index (κ1) is 13.8. The fourth-order valence-corrected chi connectivity index (χ4v) is 2.15. The van der Waals surface area contributed by atoms with Gasteiger partial charge < -0.3 is 16.5 Å². The molecule has 0 radical (unpaired) electrons. The summed E-state index contributed by atoms with van der Waals surface area (Å²) in [6.07, 6.45) is 1.99. The summed E-state index contributed by atoms with van der Waals surface area (Å²) in [6.45, 7) is 5.66. The van der Waals surface area contributed by atoms with Crippen molar-refractivity contribution < 1.29 is 0 Å². The molecule has 0 spiro atoms. The first-order chi connectivity index (χ1) is 7.95. The van der Waals surface area contributed by atoms with E-state index in [2.05, 4.69) is 11.9 Å². The molecular weight excluding hydrogens is 230 g/mol. The fraction of sp³-hybridized carbons (Fsp3) is 0.308. The average Bonchev–Trinajstić information content (AvgIpc) is 2.36. The molecule has 0 saturated carbocycles. The standard InChI is InChI=1S/C13H19N3S/c1-9(16-3)13(2,15)12(14)10-7-5-6-8-11(10)17-4/h5-8,14,16H,1,15H2,2-4H3. The van der Waals surface area contributed by atoms with Gasteiger partial charge in [-0.15, -0.1) is 11.8 Å². The molecule has 0 aliphatic heterocycles. The Morgan fingerprint density at radius 3 is 2.59 bits per heavy atom. The van der Waals surface area contributed by atoms with Crippen molar-refractivity contribution in [3.63, 3.8) is 0 Å². The van der Waals surface area contributed by atoms with Crippen LogP contribution in [0.15, 0.2) is 41.4 Å². The van der Waals surface area contributed by atoms with Crippen LogP contribution in [0.5, 0.6) is 0 Å². The number of likely N-dealkylation sites (N-methyl/N-ethyl adjacent to an activating group) is 1. The van der Waals surface area contributed by atoms with Crippen LogP contribution >= 0.6 is 11.8 Å². The molecule has 0 bridgehead atoms. The van der Waals surface area contributed by atoms with Gasteiger partial charge in [0.25, 0.3) is 0 Å². The lowest BCUT2D eigenvalue weighted by Crippen LogP contribution is -2.49. The lowest BCUT2D eigenvalue weighted by atomic mass is 9.88. The minimum Gasteiger partial charge on any atom is -0.390 e. The van der Waals surface area contributed by atoms with Crippen molar-refractivity contribution in [1.82, 2.24) is 5.32 Å². The maximum Gasteiger partial charge on any atom is 0.0950 e. The lowest BCUT2D eigenvalue weighted by molar-refractivity contribution is 0.672. The van der Waals surface area contributed by atoms with Gasteiger partial charge in [-0.25, -0.2) is 0 Å². The van der Waals surface area contributed by atoms with Crippen molar-refractivity contribution in [2.75, 3.05) is 13.3 Å². The first-order valence-electron chi connectivity index (χ1n) is 5.33. The molecule has 1 rings (SSSR count). The van der Waals surface area contributed by atoms with Crippen molar-refractivity contribution in [2.45, 2.75) is 17.4 Å². The number of nitrogens with one attached hydrogen (secondary N) is 2. The molecule has 0 saturated heterocycles. The summed E-state index contributed by atoms with van der Waals surface area (Å²) in [5.41, 5.74) is 7.18. The van der Waals surface area contributed by atoms with Crippen LogP contribution in [0.2, 0.25) is 0 Å². The highest BCUT2D eigenvalue weighted by Gasteiger charge is 2.29. The SMILES string of the molecule is C=C(NC)C(C)(N)C(=N)c1ccccc1SC. The normalized spacial score (nSPS) is 13.9. The van der Waals surface area contributed by atoms with Crippen LogP contribution in [0.1, 0.15) is 12.5 Å². The van der Waals surface area contributed by atoms with E-state index in [-0.39, 0.29) is 0 Å². The average molecular weight is 249 g/mol. The monoisotopic (exact) mass is 249 g/mol. The zero-order valence-electron chi connectivity index (χ0n) is 10.5. The van der Waals surface area contributed by atoms with Gasteiger partial charge in [0.05, 0.1) is 11.3 Å². The van der Waals surface area contributed by atoms with Crippen molar-refractivity contribution in [3.8, 4) is 0 Å². The van der Waals surface area contributed by atoms with E-state index in [0.717, 1.165) is 10.5 Å². The van der Waals surface area contributed by atoms with Crippen LogP contribution in [-0.4, -0.2) is 24.6 Å². The molecule has 0 heterocycles. The summed E-state index contributed by atoms with van der Waals surface area (Å²) in [5.74, 6) is 0. The van der Waals surface area contributed by atoms with Gasteiger partial charge in [-0.1, -0.05) is 24.8 Å². The molecule has 0 aromatic heterocycles. The van der Waals surface area contributed by atoms with Gasteiger partial charge in [0.2, 0.25) is 0 Å². The summed E-state index contributed by atoms with van der Waals surface area (Å²) in [6, 6.07) is 7.79. The molecule has 1 unspecified atom stereocenters. The predicted molar refractivity (Wildman–Crippen MR) is 75.8 cm³/mol. The number of thioether (sulfide) groups is 1. The number of rotatable bonds is 5. The Bertz CT molecular complexity index is 438. The Hall–Kier alpha value is -1.26. The van der Waals surface area contributed by atoms with E-state index < -0.39 is 5.54 Å². The minimum atomic E-state index is -0.874. The quantitative estimate of drug-likeness (QED) is 0.554. The lowest BCUT2D eigenvalue weighted by Gasteiger charge is -2.28. The van der Waals surface area contributed by atoms with E-state index in [1.54, 1.807) is 25.7 Å². The van der Waals surface area contributed by atoms with Crippen LogP contribution in [0.4, 0.5) is 0 Å². The topological polar surface area (TPSA) is 61.9 Å². The van der Waals surface area contributed by atoms with Crippen molar-refractivity contribution >= 4 is 17.5 Å². The molecular formula is C13H19N3S. The summed E-state index contributed by atoms with van der Waals surface area (Å²) < 4.78 is 0. The van der Waals surface area contributed by atoms with Crippen LogP contribution < -0.4 is 11.1 Å². The first-order valence-corrected chi connectivity index (χ1v) is 6.56. The Balaban J connectivity index is 3.16. The zero-order chi connectivity index (χ0) is 13.1. The molecule has 3 nitrogen and oxygen atoms in total. The summed E-state index contributed by atoms with van der Waals surface area (Å²) in [4.78, 5) is 1.05. The number of hydrogen-bond acceptors (Lipinski definition) is 4. The van der Waals surface area contributed by atoms with Gasteiger partial charge in [-0.2, -0.15) is 0 Å². The van der Waals surface area contributed by atoms with Gasteiger partial charge in [0.1, 0.15) is 0 Å². The van der Waals surface area contributed by atoms with E-state index in [1.807, 2.05) is 30.5 Å². The summed E-state index contributed by atoms with van der Waals surface area (Å²) in [5, 5.41) is 11.2. The smallest absolute Gasteiger partial charge is 0.0950 e. The molecule has 0 aliphatic carbocycles. The van der Waals surface area contributed by atoms with E-state index in [1.165, 1.54) is 0 Å². The third-order valence-corrected chi connectivity index (χ3v) is 3.62. The van der Waals surface area contributed by atoms with Crippen LogP contribution in [-0.2, 0) is 0 Å². The highest BCUT2D eigenvalue weighted by Crippen LogP contribution is 2.25. The van der Waals surface area contributed by atoms with Gasteiger partial charge in [0.15, 0.2) is 0 Å². The minimum absolute atomic E-state index is 0.377. The van der Waals surface area contributed by atoms with E-state index in [9.17, 15) is 0 Å². The second-order valence-electron chi connectivity index (χ2n) is 4.01. The highest BCUT2D eigenvalue weighted by molar-refractivity contribution is 7.98. The second-order valence-corrected chi connectivity index (χ2v) is 4.85. The predicted octanol–water partition coefficient (Wildman–Crippen LogP) is 2.23. The molecule has 92 valence electrons. The number of nitrogens with two attached hydrogens (primary N) is 1. The molecule has 4 N–H and O–H groups in total. The Morgan fingerprint density at radius 1 is 1.47 bits per heavy atom. The van der Waals surface area contributed by atoms with E-state index >= 15 is 0 Å². The third-order valence-electron chi connectivity index (χ3n) is 2.82. The maximum absolute atomic E-state index is 8.27. The number of hydrogen-bond donors (Lipinski definition) is 3. The molecule has 17 heavy (non-hydrogen) atoms. The highest BCUT2D eigenvalue weighted by atomic mass is 32.2. The van der Waals surface area contributed by atoms with Crippen LogP contribution in [0.25, 0.3) is 0 Å². The van der Waals surface area contributed by atoms with E-state index in [0.29, 0.717) is 11.4 Å². The molecule has 1 atom stereocenters.